The van der Waals surface area contributed by atoms with E-state index in [-0.39, 0.29) is 0 Å². The first-order chi connectivity index (χ1) is 10.3. The van der Waals surface area contributed by atoms with Crippen molar-refractivity contribution in [1.82, 2.24) is 5.32 Å². The lowest BCUT2D eigenvalue weighted by Crippen LogP contribution is -2.23. The summed E-state index contributed by atoms with van der Waals surface area (Å²) in [5.41, 5.74) is 0.834. The second kappa shape index (κ2) is 5.33. The molecule has 2 aliphatic rings. The molecule has 112 valence electrons. The standard InChI is InChI=1S/C18H22ClNO/c1-2-20-17(16-12-7-3-4-8-13(12)16)15-10-11-6-5-9-14(19)18(11)21-15/h5-6,9-10,12-13,16-17,20H,2-4,7-8H2,1H3. The van der Waals surface area contributed by atoms with Crippen LogP contribution in [0.5, 0.6) is 0 Å². The molecule has 0 radical (unpaired) electrons. The maximum Gasteiger partial charge on any atom is 0.152 e. The van der Waals surface area contributed by atoms with Gasteiger partial charge in [-0.05, 0) is 49.3 Å². The molecule has 2 fully saturated rings. The molecule has 2 aliphatic carbocycles. The Morgan fingerprint density at radius 2 is 2.05 bits per heavy atom. The number of halogens is 1. The number of rotatable bonds is 4. The first kappa shape index (κ1) is 13.7. The maximum atomic E-state index is 6.26. The summed E-state index contributed by atoms with van der Waals surface area (Å²) in [6.07, 6.45) is 5.61. The van der Waals surface area contributed by atoms with Crippen LogP contribution >= 0.6 is 11.6 Å². The zero-order valence-corrected chi connectivity index (χ0v) is 13.2. The number of fused-ring (bicyclic) bond motifs is 2. The van der Waals surface area contributed by atoms with Crippen LogP contribution in [0.4, 0.5) is 0 Å². The first-order valence-corrected chi connectivity index (χ1v) is 8.58. The molecule has 0 aliphatic heterocycles. The molecule has 2 nitrogen and oxygen atoms in total. The van der Waals surface area contributed by atoms with E-state index in [9.17, 15) is 0 Å². The van der Waals surface area contributed by atoms with Crippen LogP contribution in [0.3, 0.4) is 0 Å². The summed E-state index contributed by atoms with van der Waals surface area (Å²) in [5, 5.41) is 5.49. The van der Waals surface area contributed by atoms with Gasteiger partial charge >= 0.3 is 0 Å². The molecule has 0 amide bonds. The Balaban J connectivity index is 1.68. The second-order valence-electron chi connectivity index (χ2n) is 6.53. The van der Waals surface area contributed by atoms with Crippen molar-refractivity contribution >= 4 is 22.6 Å². The van der Waals surface area contributed by atoms with E-state index in [1.807, 2.05) is 12.1 Å². The molecule has 2 saturated carbocycles. The van der Waals surface area contributed by atoms with Crippen molar-refractivity contribution in [2.45, 2.75) is 38.6 Å². The summed E-state index contributed by atoms with van der Waals surface area (Å²) in [7, 11) is 0. The quantitative estimate of drug-likeness (QED) is 0.842. The zero-order valence-electron chi connectivity index (χ0n) is 12.4. The second-order valence-corrected chi connectivity index (χ2v) is 6.94. The first-order valence-electron chi connectivity index (χ1n) is 8.21. The van der Waals surface area contributed by atoms with E-state index in [0.717, 1.165) is 41.0 Å². The molecule has 21 heavy (non-hydrogen) atoms. The molecule has 4 rings (SSSR count). The van der Waals surface area contributed by atoms with Gasteiger partial charge in [-0.25, -0.2) is 0 Å². The van der Waals surface area contributed by atoms with Gasteiger partial charge in [0, 0.05) is 5.39 Å². The van der Waals surface area contributed by atoms with E-state index in [4.69, 9.17) is 16.0 Å². The van der Waals surface area contributed by atoms with Crippen LogP contribution in [-0.4, -0.2) is 6.54 Å². The lowest BCUT2D eigenvalue weighted by molar-refractivity contribution is 0.381. The summed E-state index contributed by atoms with van der Waals surface area (Å²) in [6, 6.07) is 8.50. The number of para-hydroxylation sites is 1. The number of hydrogen-bond donors (Lipinski definition) is 1. The average molecular weight is 304 g/mol. The van der Waals surface area contributed by atoms with Gasteiger partial charge in [0.2, 0.25) is 0 Å². The van der Waals surface area contributed by atoms with Gasteiger partial charge in [-0.3, -0.25) is 0 Å². The van der Waals surface area contributed by atoms with Crippen LogP contribution in [-0.2, 0) is 0 Å². The van der Waals surface area contributed by atoms with Crippen LogP contribution in [0, 0.1) is 17.8 Å². The van der Waals surface area contributed by atoms with Gasteiger partial charge in [-0.1, -0.05) is 43.5 Å². The fraction of sp³-hybridized carbons (Fsp3) is 0.556. The van der Waals surface area contributed by atoms with E-state index >= 15 is 0 Å². The Kier molecular flexibility index (Phi) is 3.47. The van der Waals surface area contributed by atoms with Crippen molar-refractivity contribution in [2.24, 2.45) is 17.8 Å². The minimum absolute atomic E-state index is 0.353. The largest absolute Gasteiger partial charge is 0.458 e. The molecule has 3 heteroatoms. The van der Waals surface area contributed by atoms with E-state index in [2.05, 4.69) is 24.4 Å². The summed E-state index contributed by atoms with van der Waals surface area (Å²) in [4.78, 5) is 0. The highest BCUT2D eigenvalue weighted by atomic mass is 35.5. The summed E-state index contributed by atoms with van der Waals surface area (Å²) in [5.74, 6) is 3.64. The van der Waals surface area contributed by atoms with E-state index in [1.165, 1.54) is 25.7 Å². The predicted octanol–water partition coefficient (Wildman–Crippen LogP) is 5.17. The van der Waals surface area contributed by atoms with E-state index in [0.29, 0.717) is 11.1 Å². The van der Waals surface area contributed by atoms with Gasteiger partial charge < -0.3 is 9.73 Å². The highest BCUT2D eigenvalue weighted by Gasteiger charge is 2.55. The predicted molar refractivity (Wildman–Crippen MR) is 86.6 cm³/mol. The van der Waals surface area contributed by atoms with E-state index < -0.39 is 0 Å². The third kappa shape index (κ3) is 2.29. The normalized spacial score (nSPS) is 29.3. The maximum absolute atomic E-state index is 6.26. The van der Waals surface area contributed by atoms with Gasteiger partial charge in [0.25, 0.3) is 0 Å². The van der Waals surface area contributed by atoms with Gasteiger partial charge in [0.1, 0.15) is 5.76 Å². The molecule has 0 saturated heterocycles. The Morgan fingerprint density at radius 3 is 2.71 bits per heavy atom. The van der Waals surface area contributed by atoms with Crippen molar-refractivity contribution in [3.05, 3.63) is 35.0 Å². The lowest BCUT2D eigenvalue weighted by atomic mass is 10.0. The fourth-order valence-corrected chi connectivity index (χ4v) is 4.61. The van der Waals surface area contributed by atoms with Gasteiger partial charge in [0.05, 0.1) is 11.1 Å². The fourth-order valence-electron chi connectivity index (χ4n) is 4.39. The molecular formula is C18H22ClNO. The molecule has 1 aromatic carbocycles. The number of furan rings is 1. The van der Waals surface area contributed by atoms with Crippen LogP contribution < -0.4 is 5.32 Å². The zero-order chi connectivity index (χ0) is 14.4. The van der Waals surface area contributed by atoms with Gasteiger partial charge in [-0.15, -0.1) is 0 Å². The number of nitrogens with one attached hydrogen (secondary N) is 1. The topological polar surface area (TPSA) is 25.2 Å². The molecule has 0 bridgehead atoms. The minimum Gasteiger partial charge on any atom is -0.458 e. The average Bonchev–Trinajstić information content (AvgIpc) is 3.04. The van der Waals surface area contributed by atoms with Gasteiger partial charge in [0.15, 0.2) is 5.58 Å². The number of hydrogen-bond acceptors (Lipinski definition) is 2. The van der Waals surface area contributed by atoms with Crippen molar-refractivity contribution < 1.29 is 4.42 Å². The van der Waals surface area contributed by atoms with Crippen LogP contribution in [0.1, 0.15) is 44.4 Å². The highest BCUT2D eigenvalue weighted by Crippen LogP contribution is 2.60. The van der Waals surface area contributed by atoms with Crippen molar-refractivity contribution in [2.75, 3.05) is 6.54 Å². The Morgan fingerprint density at radius 1 is 1.29 bits per heavy atom. The Hall–Kier alpha value is -0.990. The molecule has 1 aromatic heterocycles. The minimum atomic E-state index is 0.353. The molecule has 2 aromatic rings. The van der Waals surface area contributed by atoms with Crippen LogP contribution in [0.25, 0.3) is 11.0 Å². The van der Waals surface area contributed by atoms with Crippen LogP contribution in [0.2, 0.25) is 5.02 Å². The van der Waals surface area contributed by atoms with Gasteiger partial charge in [-0.2, -0.15) is 0 Å². The number of benzene rings is 1. The smallest absolute Gasteiger partial charge is 0.152 e. The molecule has 3 unspecified atom stereocenters. The third-order valence-corrected chi connectivity index (χ3v) is 5.65. The molecule has 1 heterocycles. The van der Waals surface area contributed by atoms with Crippen molar-refractivity contribution in [3.8, 4) is 0 Å². The van der Waals surface area contributed by atoms with Crippen molar-refractivity contribution in [3.63, 3.8) is 0 Å². The molecule has 0 spiro atoms. The third-order valence-electron chi connectivity index (χ3n) is 5.35. The summed E-state index contributed by atoms with van der Waals surface area (Å²) in [6.45, 7) is 3.15. The molecule has 3 atom stereocenters. The van der Waals surface area contributed by atoms with E-state index in [1.54, 1.807) is 0 Å². The Labute approximate surface area is 130 Å². The molecule has 1 N–H and O–H groups in total. The van der Waals surface area contributed by atoms with Crippen molar-refractivity contribution in [1.29, 1.82) is 0 Å². The molecular weight excluding hydrogens is 282 g/mol. The SMILES string of the molecule is CCNC(c1cc2cccc(Cl)c2o1)C1C2CCCCC21. The lowest BCUT2D eigenvalue weighted by Gasteiger charge is -2.15. The Bertz CT molecular complexity index is 638. The summed E-state index contributed by atoms with van der Waals surface area (Å²) < 4.78 is 6.13. The summed E-state index contributed by atoms with van der Waals surface area (Å²) >= 11 is 6.26. The highest BCUT2D eigenvalue weighted by molar-refractivity contribution is 6.34. The van der Waals surface area contributed by atoms with Crippen LogP contribution in [0.15, 0.2) is 28.7 Å². The monoisotopic (exact) mass is 303 g/mol.